The summed E-state index contributed by atoms with van der Waals surface area (Å²) in [6.07, 6.45) is 0.442. The van der Waals surface area contributed by atoms with Crippen molar-refractivity contribution in [2.75, 3.05) is 26.2 Å². The molecule has 1 fully saturated rings. The van der Waals surface area contributed by atoms with E-state index < -0.39 is 0 Å². The molecule has 1 amide bonds. The average Bonchev–Trinajstić information content (AvgIpc) is 2.51. The van der Waals surface area contributed by atoms with Gasteiger partial charge in [-0.1, -0.05) is 41.9 Å². The number of hydrogen-bond donors (Lipinski definition) is 1. The number of benzene rings is 2. The summed E-state index contributed by atoms with van der Waals surface area (Å²) in [6.45, 7) is 3.36. The number of piperazine rings is 1. The molecule has 0 bridgehead atoms. The minimum absolute atomic E-state index is 0.193. The van der Waals surface area contributed by atoms with Crippen molar-refractivity contribution in [1.82, 2.24) is 10.2 Å². The molecule has 0 unspecified atom stereocenters. The maximum absolute atomic E-state index is 12.4. The summed E-state index contributed by atoms with van der Waals surface area (Å²) in [6, 6.07) is 11.8. The standard InChI is InChI=1S/C16H17ClN2O/c17-15-6-5-12(13-3-1-2-4-14(13)15)11-16(20)19-9-7-18-8-10-19/h1-6,18H,7-11H2. The fourth-order valence-corrected chi connectivity index (χ4v) is 2.90. The van der Waals surface area contributed by atoms with Crippen LogP contribution in [0.3, 0.4) is 0 Å². The molecular formula is C16H17ClN2O. The molecule has 2 aromatic rings. The van der Waals surface area contributed by atoms with Crippen molar-refractivity contribution in [2.45, 2.75) is 6.42 Å². The summed E-state index contributed by atoms with van der Waals surface area (Å²) in [5.74, 6) is 0.193. The van der Waals surface area contributed by atoms with Gasteiger partial charge in [0.15, 0.2) is 0 Å². The predicted molar refractivity (Wildman–Crippen MR) is 82.1 cm³/mol. The Balaban J connectivity index is 1.87. The zero-order valence-electron chi connectivity index (χ0n) is 11.2. The van der Waals surface area contributed by atoms with E-state index in [0.717, 1.165) is 47.5 Å². The van der Waals surface area contributed by atoms with E-state index in [1.807, 2.05) is 41.3 Å². The molecule has 1 aliphatic rings. The number of halogens is 1. The normalized spacial score (nSPS) is 15.6. The minimum atomic E-state index is 0.193. The van der Waals surface area contributed by atoms with Crippen LogP contribution in [0, 0.1) is 0 Å². The van der Waals surface area contributed by atoms with Gasteiger partial charge < -0.3 is 10.2 Å². The zero-order chi connectivity index (χ0) is 13.9. The number of hydrogen-bond acceptors (Lipinski definition) is 2. The van der Waals surface area contributed by atoms with Crippen LogP contribution in [0.1, 0.15) is 5.56 Å². The van der Waals surface area contributed by atoms with Crippen molar-refractivity contribution in [2.24, 2.45) is 0 Å². The highest BCUT2D eigenvalue weighted by Gasteiger charge is 2.17. The summed E-state index contributed by atoms with van der Waals surface area (Å²) in [4.78, 5) is 14.3. The summed E-state index contributed by atoms with van der Waals surface area (Å²) in [5, 5.41) is 6.08. The van der Waals surface area contributed by atoms with E-state index in [1.54, 1.807) is 0 Å². The van der Waals surface area contributed by atoms with Crippen LogP contribution in [0.15, 0.2) is 36.4 Å². The van der Waals surface area contributed by atoms with Gasteiger partial charge in [-0.2, -0.15) is 0 Å². The highest BCUT2D eigenvalue weighted by molar-refractivity contribution is 6.35. The average molecular weight is 289 g/mol. The molecule has 1 N–H and O–H groups in total. The lowest BCUT2D eigenvalue weighted by Gasteiger charge is -2.27. The van der Waals surface area contributed by atoms with Crippen molar-refractivity contribution >= 4 is 28.3 Å². The summed E-state index contributed by atoms with van der Waals surface area (Å²) in [5.41, 5.74) is 1.05. The van der Waals surface area contributed by atoms with E-state index in [-0.39, 0.29) is 5.91 Å². The van der Waals surface area contributed by atoms with Crippen molar-refractivity contribution in [3.05, 3.63) is 47.0 Å². The van der Waals surface area contributed by atoms with E-state index in [0.29, 0.717) is 6.42 Å². The Labute approximate surface area is 123 Å². The molecule has 3 nitrogen and oxygen atoms in total. The van der Waals surface area contributed by atoms with Crippen LogP contribution in [0.2, 0.25) is 5.02 Å². The molecule has 0 radical (unpaired) electrons. The molecule has 3 rings (SSSR count). The largest absolute Gasteiger partial charge is 0.340 e. The Morgan fingerprint density at radius 1 is 1.10 bits per heavy atom. The number of nitrogens with one attached hydrogen (secondary N) is 1. The first-order chi connectivity index (χ1) is 9.75. The number of carbonyl (C=O) groups is 1. The second-order valence-electron chi connectivity index (χ2n) is 5.06. The van der Waals surface area contributed by atoms with Gasteiger partial charge in [0.2, 0.25) is 5.91 Å². The van der Waals surface area contributed by atoms with Crippen LogP contribution in [0.5, 0.6) is 0 Å². The monoisotopic (exact) mass is 288 g/mol. The maximum Gasteiger partial charge on any atom is 0.227 e. The molecule has 0 aliphatic carbocycles. The number of carbonyl (C=O) groups excluding carboxylic acids is 1. The van der Waals surface area contributed by atoms with Crippen LogP contribution in [-0.4, -0.2) is 37.0 Å². The summed E-state index contributed by atoms with van der Waals surface area (Å²) < 4.78 is 0. The maximum atomic E-state index is 12.4. The van der Waals surface area contributed by atoms with Gasteiger partial charge in [0.05, 0.1) is 6.42 Å². The van der Waals surface area contributed by atoms with Crippen molar-refractivity contribution in [3.63, 3.8) is 0 Å². The fraction of sp³-hybridized carbons (Fsp3) is 0.312. The Morgan fingerprint density at radius 3 is 2.55 bits per heavy atom. The van der Waals surface area contributed by atoms with E-state index >= 15 is 0 Å². The topological polar surface area (TPSA) is 32.3 Å². The molecule has 0 saturated carbocycles. The minimum Gasteiger partial charge on any atom is -0.340 e. The van der Waals surface area contributed by atoms with Gasteiger partial charge in [0.1, 0.15) is 0 Å². The van der Waals surface area contributed by atoms with E-state index in [9.17, 15) is 4.79 Å². The van der Waals surface area contributed by atoms with Crippen molar-refractivity contribution < 1.29 is 4.79 Å². The van der Waals surface area contributed by atoms with Gasteiger partial charge in [-0.15, -0.1) is 0 Å². The summed E-state index contributed by atoms with van der Waals surface area (Å²) in [7, 11) is 0. The third-order valence-electron chi connectivity index (χ3n) is 3.77. The van der Waals surface area contributed by atoms with E-state index in [2.05, 4.69) is 5.32 Å². The molecule has 1 saturated heterocycles. The second-order valence-corrected chi connectivity index (χ2v) is 5.47. The Bertz CT molecular complexity index is 635. The number of amides is 1. The smallest absolute Gasteiger partial charge is 0.227 e. The summed E-state index contributed by atoms with van der Waals surface area (Å²) >= 11 is 6.21. The predicted octanol–water partition coefficient (Wildman–Crippen LogP) is 2.47. The van der Waals surface area contributed by atoms with Gasteiger partial charge in [0, 0.05) is 36.6 Å². The lowest BCUT2D eigenvalue weighted by Crippen LogP contribution is -2.46. The lowest BCUT2D eigenvalue weighted by atomic mass is 10.0. The van der Waals surface area contributed by atoms with Crippen LogP contribution in [-0.2, 0) is 11.2 Å². The van der Waals surface area contributed by atoms with Crippen LogP contribution < -0.4 is 5.32 Å². The highest BCUT2D eigenvalue weighted by Crippen LogP contribution is 2.27. The molecule has 1 heterocycles. The molecular weight excluding hydrogens is 272 g/mol. The number of fused-ring (bicyclic) bond motifs is 1. The number of nitrogens with zero attached hydrogens (tertiary/aromatic N) is 1. The molecule has 0 aromatic heterocycles. The second kappa shape index (κ2) is 5.81. The molecule has 4 heteroatoms. The lowest BCUT2D eigenvalue weighted by molar-refractivity contribution is -0.131. The van der Waals surface area contributed by atoms with Crippen LogP contribution >= 0.6 is 11.6 Å². The molecule has 104 valence electrons. The highest BCUT2D eigenvalue weighted by atomic mass is 35.5. The first kappa shape index (κ1) is 13.4. The van der Waals surface area contributed by atoms with Crippen molar-refractivity contribution in [3.8, 4) is 0 Å². The van der Waals surface area contributed by atoms with Gasteiger partial charge in [-0.05, 0) is 17.0 Å². The van der Waals surface area contributed by atoms with Gasteiger partial charge >= 0.3 is 0 Å². The van der Waals surface area contributed by atoms with Gasteiger partial charge in [-0.3, -0.25) is 4.79 Å². The fourth-order valence-electron chi connectivity index (χ4n) is 2.67. The van der Waals surface area contributed by atoms with Gasteiger partial charge in [-0.25, -0.2) is 0 Å². The van der Waals surface area contributed by atoms with Crippen LogP contribution in [0.25, 0.3) is 10.8 Å². The Morgan fingerprint density at radius 2 is 1.80 bits per heavy atom. The number of rotatable bonds is 2. The van der Waals surface area contributed by atoms with E-state index in [4.69, 9.17) is 11.6 Å². The first-order valence-corrected chi connectivity index (χ1v) is 7.28. The molecule has 0 atom stereocenters. The third kappa shape index (κ3) is 2.65. The quantitative estimate of drug-likeness (QED) is 0.921. The zero-order valence-corrected chi connectivity index (χ0v) is 12.0. The molecule has 2 aromatic carbocycles. The molecule has 20 heavy (non-hydrogen) atoms. The third-order valence-corrected chi connectivity index (χ3v) is 4.10. The molecule has 1 aliphatic heterocycles. The van der Waals surface area contributed by atoms with E-state index in [1.165, 1.54) is 0 Å². The van der Waals surface area contributed by atoms with Crippen molar-refractivity contribution in [1.29, 1.82) is 0 Å². The Kier molecular flexibility index (Phi) is 3.90. The first-order valence-electron chi connectivity index (χ1n) is 6.90. The molecule has 0 spiro atoms. The SMILES string of the molecule is O=C(Cc1ccc(Cl)c2ccccc12)N1CCNCC1. The van der Waals surface area contributed by atoms with Gasteiger partial charge in [0.25, 0.3) is 0 Å². The van der Waals surface area contributed by atoms with Crippen LogP contribution in [0.4, 0.5) is 0 Å². The Hall–Kier alpha value is -1.58.